The smallest absolute Gasteiger partial charge is 0.344 e. The number of aliphatic hydroxyl groups is 2. The molecule has 20 heavy (non-hydrogen) atoms. The number of rotatable bonds is 4. The Morgan fingerprint density at radius 1 is 1.55 bits per heavy atom. The molecular formula is C11H9FN2O6. The third kappa shape index (κ3) is 2.87. The van der Waals surface area contributed by atoms with Crippen LogP contribution in [0, 0.1) is 27.3 Å². The summed E-state index contributed by atoms with van der Waals surface area (Å²) >= 11 is 0. The van der Waals surface area contributed by atoms with Crippen LogP contribution in [0.2, 0.25) is 0 Å². The summed E-state index contributed by atoms with van der Waals surface area (Å²) in [7, 11) is 0.964. The van der Waals surface area contributed by atoms with E-state index in [-0.39, 0.29) is 0 Å². The fourth-order valence-corrected chi connectivity index (χ4v) is 1.47. The number of halogens is 1. The molecule has 0 aliphatic rings. The minimum absolute atomic E-state index is 0.507. The highest BCUT2D eigenvalue weighted by atomic mass is 19.1. The van der Waals surface area contributed by atoms with Gasteiger partial charge in [0.25, 0.3) is 5.69 Å². The number of nitro benzene ring substituents is 1. The van der Waals surface area contributed by atoms with Crippen LogP contribution in [0.1, 0.15) is 22.0 Å². The van der Waals surface area contributed by atoms with E-state index >= 15 is 0 Å². The van der Waals surface area contributed by atoms with Crippen LogP contribution in [-0.4, -0.2) is 34.3 Å². The van der Waals surface area contributed by atoms with Crippen molar-refractivity contribution in [1.82, 2.24) is 0 Å². The van der Waals surface area contributed by atoms with E-state index in [1.807, 2.05) is 0 Å². The van der Waals surface area contributed by atoms with E-state index in [1.165, 1.54) is 6.07 Å². The molecule has 2 atom stereocenters. The molecular weight excluding hydrogens is 275 g/mol. The molecule has 0 aliphatic heterocycles. The highest BCUT2D eigenvalue weighted by Crippen LogP contribution is 2.28. The van der Waals surface area contributed by atoms with Gasteiger partial charge in [-0.15, -0.1) is 0 Å². The van der Waals surface area contributed by atoms with E-state index in [9.17, 15) is 24.4 Å². The lowest BCUT2D eigenvalue weighted by atomic mass is 10.0. The molecule has 0 heterocycles. The number of nitro groups is 1. The molecule has 2 unspecified atom stereocenters. The summed E-state index contributed by atoms with van der Waals surface area (Å²) in [5.41, 5.74) is -2.12. The number of hydrogen-bond donors (Lipinski definition) is 2. The average molecular weight is 284 g/mol. The summed E-state index contributed by atoms with van der Waals surface area (Å²) in [6, 6.07) is 2.35. The molecule has 1 aromatic carbocycles. The first kappa shape index (κ1) is 15.5. The third-order valence-electron chi connectivity index (χ3n) is 2.47. The lowest BCUT2D eigenvalue weighted by Crippen LogP contribution is -2.18. The Hall–Kier alpha value is -2.57. The molecule has 1 aromatic rings. The summed E-state index contributed by atoms with van der Waals surface area (Å²) < 4.78 is 18.0. The number of nitrogens with zero attached hydrogens (tertiary/aromatic N) is 2. The number of hydrogen-bond acceptors (Lipinski definition) is 7. The third-order valence-corrected chi connectivity index (χ3v) is 2.47. The van der Waals surface area contributed by atoms with Gasteiger partial charge in [-0.2, -0.15) is 5.26 Å². The fourth-order valence-electron chi connectivity index (χ4n) is 1.47. The highest BCUT2D eigenvalue weighted by Gasteiger charge is 2.29. The van der Waals surface area contributed by atoms with Crippen molar-refractivity contribution in [3.63, 3.8) is 0 Å². The van der Waals surface area contributed by atoms with Gasteiger partial charge in [-0.3, -0.25) is 10.1 Å². The van der Waals surface area contributed by atoms with Crippen LogP contribution in [0.25, 0.3) is 0 Å². The van der Waals surface area contributed by atoms with Crippen molar-refractivity contribution in [2.24, 2.45) is 0 Å². The van der Waals surface area contributed by atoms with E-state index in [2.05, 4.69) is 4.74 Å². The fraction of sp³-hybridized carbons (Fsp3) is 0.273. The Morgan fingerprint density at radius 2 is 2.15 bits per heavy atom. The topological polar surface area (TPSA) is 134 Å². The molecule has 9 heteroatoms. The Labute approximate surface area is 111 Å². The monoisotopic (exact) mass is 284 g/mol. The second-order valence-electron chi connectivity index (χ2n) is 3.66. The Bertz CT molecular complexity index is 597. The van der Waals surface area contributed by atoms with Gasteiger partial charge in [-0.25, -0.2) is 9.18 Å². The molecule has 0 spiro atoms. The Balaban J connectivity index is 3.45. The number of aliphatic hydroxyl groups excluding tert-OH is 2. The van der Waals surface area contributed by atoms with Gasteiger partial charge in [0.2, 0.25) is 0 Å². The zero-order chi connectivity index (χ0) is 15.4. The van der Waals surface area contributed by atoms with Crippen molar-refractivity contribution in [2.45, 2.75) is 12.2 Å². The molecule has 0 aliphatic carbocycles. The number of ether oxygens (including phenoxy) is 1. The summed E-state index contributed by atoms with van der Waals surface area (Å²) in [6.45, 7) is 0. The average Bonchev–Trinajstić information content (AvgIpc) is 2.44. The largest absolute Gasteiger partial charge is 0.465 e. The van der Waals surface area contributed by atoms with Gasteiger partial charge in [0.15, 0.2) is 6.10 Å². The predicted molar refractivity (Wildman–Crippen MR) is 61.0 cm³/mol. The summed E-state index contributed by atoms with van der Waals surface area (Å²) in [6.07, 6.45) is -3.95. The second-order valence-corrected chi connectivity index (χ2v) is 3.66. The van der Waals surface area contributed by atoms with E-state index in [4.69, 9.17) is 10.4 Å². The standard InChI is InChI=1S/C11H9FN2O6/c1-20-11(17)6-2-7(12)5(3-8(6)14(18)19)10(16)9(15)4-13/h2-3,9-10,15-16H,1H3. The molecule has 0 saturated heterocycles. The first-order valence-electron chi connectivity index (χ1n) is 5.15. The molecule has 0 fully saturated rings. The highest BCUT2D eigenvalue weighted by molar-refractivity contribution is 5.94. The zero-order valence-corrected chi connectivity index (χ0v) is 10.1. The van der Waals surface area contributed by atoms with Crippen molar-refractivity contribution < 1.29 is 29.1 Å². The maximum absolute atomic E-state index is 13.7. The van der Waals surface area contributed by atoms with E-state index in [1.54, 1.807) is 0 Å². The SMILES string of the molecule is COC(=O)c1cc(F)c(C(O)C(O)C#N)cc1[N+](=O)[O-]. The lowest BCUT2D eigenvalue weighted by Gasteiger charge is -2.13. The van der Waals surface area contributed by atoms with Crippen LogP contribution in [0.15, 0.2) is 12.1 Å². The Kier molecular flexibility index (Phi) is 4.68. The van der Waals surface area contributed by atoms with Gasteiger partial charge in [0.1, 0.15) is 17.5 Å². The van der Waals surface area contributed by atoms with Gasteiger partial charge in [0, 0.05) is 11.6 Å². The van der Waals surface area contributed by atoms with Gasteiger partial charge in [-0.1, -0.05) is 0 Å². The minimum atomic E-state index is -1.98. The molecule has 0 aromatic heterocycles. The van der Waals surface area contributed by atoms with Crippen LogP contribution in [-0.2, 0) is 4.74 Å². The number of benzene rings is 1. The maximum atomic E-state index is 13.7. The zero-order valence-electron chi connectivity index (χ0n) is 10.1. The summed E-state index contributed by atoms with van der Waals surface area (Å²) in [5, 5.41) is 37.9. The van der Waals surface area contributed by atoms with Crippen molar-refractivity contribution in [2.75, 3.05) is 7.11 Å². The minimum Gasteiger partial charge on any atom is -0.465 e. The predicted octanol–water partition coefficient (Wildman–Crippen LogP) is 0.438. The first-order chi connectivity index (χ1) is 9.33. The first-order valence-corrected chi connectivity index (χ1v) is 5.15. The van der Waals surface area contributed by atoms with Crippen LogP contribution < -0.4 is 0 Å². The molecule has 0 bridgehead atoms. The molecule has 0 radical (unpaired) electrons. The normalized spacial score (nSPS) is 13.2. The van der Waals surface area contributed by atoms with Crippen molar-refractivity contribution in [1.29, 1.82) is 5.26 Å². The Morgan fingerprint density at radius 3 is 2.60 bits per heavy atom. The van der Waals surface area contributed by atoms with Crippen molar-refractivity contribution >= 4 is 11.7 Å². The maximum Gasteiger partial charge on any atom is 0.344 e. The molecule has 106 valence electrons. The molecule has 2 N–H and O–H groups in total. The summed E-state index contributed by atoms with van der Waals surface area (Å²) in [5.74, 6) is -2.31. The van der Waals surface area contributed by atoms with E-state index in [0.717, 1.165) is 7.11 Å². The second kappa shape index (κ2) is 6.05. The van der Waals surface area contributed by atoms with Crippen LogP contribution in [0.4, 0.5) is 10.1 Å². The van der Waals surface area contributed by atoms with E-state index in [0.29, 0.717) is 12.1 Å². The lowest BCUT2D eigenvalue weighted by molar-refractivity contribution is -0.385. The number of methoxy groups -OCH3 is 1. The van der Waals surface area contributed by atoms with Gasteiger partial charge < -0.3 is 14.9 Å². The van der Waals surface area contributed by atoms with Crippen LogP contribution in [0.3, 0.4) is 0 Å². The molecule has 0 amide bonds. The quantitative estimate of drug-likeness (QED) is 0.354. The summed E-state index contributed by atoms with van der Waals surface area (Å²) in [4.78, 5) is 21.2. The van der Waals surface area contributed by atoms with Crippen molar-refractivity contribution in [3.05, 3.63) is 39.2 Å². The van der Waals surface area contributed by atoms with Gasteiger partial charge in [-0.05, 0) is 6.07 Å². The van der Waals surface area contributed by atoms with Crippen LogP contribution >= 0.6 is 0 Å². The van der Waals surface area contributed by atoms with E-state index < -0.39 is 45.7 Å². The van der Waals surface area contributed by atoms with Gasteiger partial charge >= 0.3 is 5.97 Å². The van der Waals surface area contributed by atoms with Crippen LogP contribution in [0.5, 0.6) is 0 Å². The number of esters is 1. The van der Waals surface area contributed by atoms with Gasteiger partial charge in [0.05, 0.1) is 18.1 Å². The number of carbonyl (C=O) groups excluding carboxylic acids is 1. The van der Waals surface area contributed by atoms with Crippen molar-refractivity contribution in [3.8, 4) is 6.07 Å². The number of nitriles is 1. The number of carbonyl (C=O) groups is 1. The molecule has 8 nitrogen and oxygen atoms in total. The molecule has 0 saturated carbocycles. The molecule has 1 rings (SSSR count).